The summed E-state index contributed by atoms with van der Waals surface area (Å²) in [5.41, 5.74) is -1.35. The molecule has 12 nitrogen and oxygen atoms in total. The van der Waals surface area contributed by atoms with Crippen molar-refractivity contribution in [1.29, 1.82) is 0 Å². The number of β-amino-alcohol motifs (C(OH)–C–C–N with tert-alkyl or cyclic N) is 1. The molecule has 1 aliphatic heterocycles. The van der Waals surface area contributed by atoms with Gasteiger partial charge in [-0.2, -0.15) is 23.3 Å². The van der Waals surface area contributed by atoms with Crippen molar-refractivity contribution in [2.75, 3.05) is 22.1 Å². The molecule has 4 aromatic heterocycles. The van der Waals surface area contributed by atoms with Gasteiger partial charge in [-0.1, -0.05) is 0 Å². The SMILES string of the molecule is O=C(Nc1cnccn1)[C@@H]1C[C@H](O)CN1c1nc(Nc2cc(C3(C(F)(F)F)CC3)[nH]n2)c2cccn2n1. The molecule has 0 radical (unpaired) electrons. The summed E-state index contributed by atoms with van der Waals surface area (Å²) in [4.78, 5) is 27.1. The summed E-state index contributed by atoms with van der Waals surface area (Å²) in [6.45, 7) is 0.103. The molecule has 15 heteroatoms. The summed E-state index contributed by atoms with van der Waals surface area (Å²) in [7, 11) is 0. The Balaban J connectivity index is 1.29. The third kappa shape index (κ3) is 4.10. The van der Waals surface area contributed by atoms with E-state index in [1.54, 1.807) is 23.2 Å². The smallest absolute Gasteiger partial charge is 0.391 e. The molecule has 5 heterocycles. The zero-order valence-corrected chi connectivity index (χ0v) is 19.1. The number of anilines is 4. The van der Waals surface area contributed by atoms with E-state index in [0.717, 1.165) is 0 Å². The average molecular weight is 514 g/mol. The van der Waals surface area contributed by atoms with E-state index in [0.29, 0.717) is 5.52 Å². The number of carbonyl (C=O) groups excluding carboxylic acids is 1. The Morgan fingerprint density at radius 2 is 2.08 bits per heavy atom. The maximum Gasteiger partial charge on any atom is 0.399 e. The van der Waals surface area contributed by atoms with Gasteiger partial charge in [0.1, 0.15) is 17.0 Å². The molecule has 192 valence electrons. The van der Waals surface area contributed by atoms with Gasteiger partial charge in [0.15, 0.2) is 17.5 Å². The van der Waals surface area contributed by atoms with Crippen molar-refractivity contribution >= 4 is 34.8 Å². The Morgan fingerprint density at radius 1 is 1.24 bits per heavy atom. The fourth-order valence-electron chi connectivity index (χ4n) is 4.58. The van der Waals surface area contributed by atoms with Crippen LogP contribution in [0.1, 0.15) is 25.0 Å². The van der Waals surface area contributed by atoms with Gasteiger partial charge in [-0.15, -0.1) is 5.10 Å². The Kier molecular flexibility index (Phi) is 5.25. The lowest BCUT2D eigenvalue weighted by Gasteiger charge is -2.24. The number of amides is 1. The molecule has 0 aromatic carbocycles. The van der Waals surface area contributed by atoms with Gasteiger partial charge in [-0.25, -0.2) is 9.50 Å². The van der Waals surface area contributed by atoms with Crippen LogP contribution in [0.5, 0.6) is 0 Å². The van der Waals surface area contributed by atoms with Crippen LogP contribution in [0.4, 0.5) is 36.6 Å². The molecule has 0 spiro atoms. The first-order valence-corrected chi connectivity index (χ1v) is 11.5. The molecular weight excluding hydrogens is 493 g/mol. The highest BCUT2D eigenvalue weighted by molar-refractivity contribution is 5.96. The number of aromatic amines is 1. The lowest BCUT2D eigenvalue weighted by Crippen LogP contribution is -2.41. The third-order valence-electron chi connectivity index (χ3n) is 6.67. The van der Waals surface area contributed by atoms with Crippen LogP contribution in [0.15, 0.2) is 43.0 Å². The standard InChI is InChI=1S/C22H21F3N10O2/c23-22(24,25)21(3-4-21)15-9-16(32-31-15)28-18-13-2-1-7-35(13)33-20(30-18)34-11-12(36)8-14(34)19(37)29-17-10-26-5-6-27-17/h1-2,5-7,9-10,12,14,36H,3-4,8,11H2,(H,27,29,37)(H2,28,30,31,32,33)/t12-,14-/m0/s1. The topological polar surface area (TPSA) is 149 Å². The second-order valence-electron chi connectivity index (χ2n) is 9.11. The molecule has 4 aromatic rings. The molecule has 37 heavy (non-hydrogen) atoms. The zero-order chi connectivity index (χ0) is 25.8. The summed E-state index contributed by atoms with van der Waals surface area (Å²) in [5, 5.41) is 27.0. The van der Waals surface area contributed by atoms with Crippen LogP contribution >= 0.6 is 0 Å². The van der Waals surface area contributed by atoms with Gasteiger partial charge in [-0.3, -0.25) is 14.9 Å². The highest BCUT2D eigenvalue weighted by Crippen LogP contribution is 2.58. The van der Waals surface area contributed by atoms with E-state index in [4.69, 9.17) is 0 Å². The van der Waals surface area contributed by atoms with E-state index in [2.05, 4.69) is 40.9 Å². The van der Waals surface area contributed by atoms with Crippen LogP contribution in [0, 0.1) is 0 Å². The first-order valence-electron chi connectivity index (χ1n) is 11.5. The molecule has 0 bridgehead atoms. The number of H-pyrrole nitrogens is 1. The maximum absolute atomic E-state index is 13.5. The van der Waals surface area contributed by atoms with Gasteiger partial charge < -0.3 is 20.6 Å². The van der Waals surface area contributed by atoms with E-state index in [1.165, 1.54) is 29.2 Å². The summed E-state index contributed by atoms with van der Waals surface area (Å²) in [5.74, 6) is 0.434. The first kappa shape index (κ1) is 23.1. The van der Waals surface area contributed by atoms with Gasteiger partial charge in [-0.05, 0) is 25.0 Å². The summed E-state index contributed by atoms with van der Waals surface area (Å²) in [6.07, 6.45) is 0.984. The van der Waals surface area contributed by atoms with E-state index in [-0.39, 0.29) is 54.9 Å². The summed E-state index contributed by atoms with van der Waals surface area (Å²) in [6, 6.07) is 4.00. The minimum Gasteiger partial charge on any atom is -0.391 e. The van der Waals surface area contributed by atoms with Gasteiger partial charge in [0.05, 0.1) is 18.0 Å². The first-order chi connectivity index (χ1) is 17.7. The molecule has 2 atom stereocenters. The van der Waals surface area contributed by atoms with Gasteiger partial charge in [0, 0.05) is 37.6 Å². The number of aliphatic hydroxyl groups excluding tert-OH is 1. The molecule has 1 saturated heterocycles. The lowest BCUT2D eigenvalue weighted by molar-refractivity contribution is -0.161. The van der Waals surface area contributed by atoms with E-state index >= 15 is 0 Å². The average Bonchev–Trinajstić information content (AvgIpc) is 3.18. The Bertz CT molecular complexity index is 1450. The number of hydrogen-bond donors (Lipinski definition) is 4. The third-order valence-corrected chi connectivity index (χ3v) is 6.67. The van der Waals surface area contributed by atoms with Gasteiger partial charge in [0.25, 0.3) is 0 Å². The molecule has 0 unspecified atom stereocenters. The van der Waals surface area contributed by atoms with E-state index < -0.39 is 29.6 Å². The van der Waals surface area contributed by atoms with Crippen molar-refractivity contribution in [3.05, 3.63) is 48.7 Å². The van der Waals surface area contributed by atoms with Crippen LogP contribution in [-0.2, 0) is 10.2 Å². The van der Waals surface area contributed by atoms with Gasteiger partial charge in [0.2, 0.25) is 11.9 Å². The van der Waals surface area contributed by atoms with Crippen molar-refractivity contribution in [3.63, 3.8) is 0 Å². The molecule has 1 saturated carbocycles. The van der Waals surface area contributed by atoms with E-state index in [1.807, 2.05) is 0 Å². The number of nitrogens with zero attached hydrogens (tertiary/aromatic N) is 7. The van der Waals surface area contributed by atoms with Crippen molar-refractivity contribution in [1.82, 2.24) is 34.8 Å². The van der Waals surface area contributed by atoms with Crippen molar-refractivity contribution in [2.24, 2.45) is 0 Å². The van der Waals surface area contributed by atoms with Crippen LogP contribution in [0.3, 0.4) is 0 Å². The Hall–Kier alpha value is -4.27. The predicted molar refractivity (Wildman–Crippen MR) is 124 cm³/mol. The quantitative estimate of drug-likeness (QED) is 0.304. The number of aromatic nitrogens is 7. The van der Waals surface area contributed by atoms with Crippen LogP contribution in [0.2, 0.25) is 0 Å². The van der Waals surface area contributed by atoms with E-state index in [9.17, 15) is 23.1 Å². The fraction of sp³-hybridized carbons (Fsp3) is 0.364. The number of nitrogens with one attached hydrogen (secondary N) is 3. The lowest BCUT2D eigenvalue weighted by atomic mass is 10.0. The van der Waals surface area contributed by atoms with Crippen molar-refractivity contribution in [2.45, 2.75) is 43.0 Å². The Morgan fingerprint density at radius 3 is 2.81 bits per heavy atom. The molecular formula is C22H21F3N10O2. The van der Waals surface area contributed by atoms with Crippen LogP contribution in [-0.4, -0.2) is 70.6 Å². The highest BCUT2D eigenvalue weighted by atomic mass is 19.4. The van der Waals surface area contributed by atoms with Crippen molar-refractivity contribution in [3.8, 4) is 0 Å². The van der Waals surface area contributed by atoms with Crippen LogP contribution < -0.4 is 15.5 Å². The number of hydrogen-bond acceptors (Lipinski definition) is 9. The molecule has 1 amide bonds. The largest absolute Gasteiger partial charge is 0.399 e. The minimum absolute atomic E-state index is 0.00778. The fourth-order valence-corrected chi connectivity index (χ4v) is 4.58. The maximum atomic E-state index is 13.5. The number of rotatable bonds is 6. The number of aliphatic hydroxyl groups is 1. The molecule has 6 rings (SSSR count). The Labute approximate surface area is 206 Å². The van der Waals surface area contributed by atoms with Crippen molar-refractivity contribution < 1.29 is 23.1 Å². The number of carbonyl (C=O) groups is 1. The summed E-state index contributed by atoms with van der Waals surface area (Å²) >= 11 is 0. The molecule has 4 N–H and O–H groups in total. The number of alkyl halides is 3. The molecule has 2 fully saturated rings. The second-order valence-corrected chi connectivity index (χ2v) is 9.11. The monoisotopic (exact) mass is 514 g/mol. The normalized spacial score (nSPS) is 20.8. The second kappa shape index (κ2) is 8.40. The number of fused-ring (bicyclic) bond motifs is 1. The van der Waals surface area contributed by atoms with Gasteiger partial charge >= 0.3 is 6.18 Å². The predicted octanol–water partition coefficient (Wildman–Crippen LogP) is 2.16. The highest BCUT2D eigenvalue weighted by Gasteiger charge is 2.65. The molecule has 2 aliphatic rings. The minimum atomic E-state index is -4.37. The number of halogens is 3. The van der Waals surface area contributed by atoms with Crippen LogP contribution in [0.25, 0.3) is 5.52 Å². The zero-order valence-electron chi connectivity index (χ0n) is 19.1. The molecule has 1 aliphatic carbocycles. The summed E-state index contributed by atoms with van der Waals surface area (Å²) < 4.78 is 42.1.